The maximum absolute atomic E-state index is 13.3. The van der Waals surface area contributed by atoms with Crippen molar-refractivity contribution in [3.8, 4) is 22.8 Å². The predicted molar refractivity (Wildman–Crippen MR) is 149 cm³/mol. The first-order valence-corrected chi connectivity index (χ1v) is 13.5. The zero-order valence-electron chi connectivity index (χ0n) is 22.6. The minimum atomic E-state index is -0.00309. The number of carbonyl (C=O) groups is 2. The minimum Gasteiger partial charge on any atom is -0.493 e. The van der Waals surface area contributed by atoms with Gasteiger partial charge in [-0.25, -0.2) is 0 Å². The van der Waals surface area contributed by atoms with Crippen molar-refractivity contribution in [1.82, 2.24) is 20.0 Å². The van der Waals surface area contributed by atoms with Crippen LogP contribution in [0, 0.1) is 5.92 Å². The van der Waals surface area contributed by atoms with Crippen molar-refractivity contribution in [3.63, 3.8) is 0 Å². The van der Waals surface area contributed by atoms with Gasteiger partial charge in [0.15, 0.2) is 17.3 Å². The molecular weight excluding hydrogens is 494 g/mol. The lowest BCUT2D eigenvalue weighted by molar-refractivity contribution is -0.141. The molecule has 2 amide bonds. The van der Waals surface area contributed by atoms with Gasteiger partial charge in [0.05, 0.1) is 19.9 Å². The van der Waals surface area contributed by atoms with Crippen molar-refractivity contribution in [1.29, 1.82) is 0 Å². The molecule has 1 aliphatic heterocycles. The molecule has 0 bridgehead atoms. The molecule has 0 N–H and O–H groups in total. The molecule has 1 aromatic heterocycles. The summed E-state index contributed by atoms with van der Waals surface area (Å²) in [6.45, 7) is 3.25. The third kappa shape index (κ3) is 6.47. The zero-order valence-corrected chi connectivity index (χ0v) is 22.6. The van der Waals surface area contributed by atoms with E-state index in [1.165, 1.54) is 0 Å². The Balaban J connectivity index is 1.20. The molecule has 2 heterocycles. The molecule has 9 heteroatoms. The lowest BCUT2D eigenvalue weighted by atomic mass is 10.1. The van der Waals surface area contributed by atoms with Crippen molar-refractivity contribution >= 4 is 17.6 Å². The van der Waals surface area contributed by atoms with E-state index in [1.54, 1.807) is 19.1 Å². The van der Waals surface area contributed by atoms with Crippen LogP contribution in [0.25, 0.3) is 11.3 Å². The summed E-state index contributed by atoms with van der Waals surface area (Å²) in [4.78, 5) is 32.0. The number of hydrogen-bond donors (Lipinski definition) is 0. The monoisotopic (exact) mass is 529 g/mol. The van der Waals surface area contributed by atoms with Gasteiger partial charge in [0.25, 0.3) is 0 Å². The normalized spacial score (nSPS) is 15.4. The molecule has 204 valence electrons. The average Bonchev–Trinajstić information content (AvgIpc) is 3.84. The average molecular weight is 530 g/mol. The van der Waals surface area contributed by atoms with E-state index in [0.29, 0.717) is 37.7 Å². The second-order valence-corrected chi connectivity index (χ2v) is 10.0. The smallest absolute Gasteiger partial charge is 0.242 e. The highest BCUT2D eigenvalue weighted by atomic mass is 16.5. The lowest BCUT2D eigenvalue weighted by Gasteiger charge is -2.27. The Kier molecular flexibility index (Phi) is 8.24. The van der Waals surface area contributed by atoms with E-state index in [9.17, 15) is 9.59 Å². The van der Waals surface area contributed by atoms with Crippen molar-refractivity contribution in [2.24, 2.45) is 5.92 Å². The zero-order chi connectivity index (χ0) is 27.2. The van der Waals surface area contributed by atoms with Gasteiger partial charge in [-0.2, -0.15) is 0 Å². The van der Waals surface area contributed by atoms with E-state index in [-0.39, 0.29) is 24.3 Å². The number of nitrogens with zero attached hydrogens (tertiary/aromatic N) is 5. The standard InChI is InChI=1S/C30H35N5O4/c1-38-26-13-11-24(19-27(26)39-2)25-12-14-28(32-31-25)33-15-6-16-34(18-17-33)29(36)21-35(30(37)23-9-10-23)20-22-7-4-3-5-8-22/h3-5,7-8,11-14,19,23H,6,9-10,15-18,20-21H2,1-2H3. The number of methoxy groups -OCH3 is 2. The molecule has 2 aliphatic rings. The summed E-state index contributed by atoms with van der Waals surface area (Å²) >= 11 is 0. The van der Waals surface area contributed by atoms with E-state index in [1.807, 2.05) is 65.6 Å². The van der Waals surface area contributed by atoms with Crippen molar-refractivity contribution < 1.29 is 19.1 Å². The lowest BCUT2D eigenvalue weighted by Crippen LogP contribution is -2.44. The fraction of sp³-hybridized carbons (Fsp3) is 0.400. The second-order valence-electron chi connectivity index (χ2n) is 10.0. The molecule has 39 heavy (non-hydrogen) atoms. The summed E-state index contributed by atoms with van der Waals surface area (Å²) < 4.78 is 10.7. The minimum absolute atomic E-state index is 0.00309. The summed E-state index contributed by atoms with van der Waals surface area (Å²) in [6.07, 6.45) is 2.66. The maximum Gasteiger partial charge on any atom is 0.242 e. The van der Waals surface area contributed by atoms with Crippen LogP contribution in [0.1, 0.15) is 24.8 Å². The van der Waals surface area contributed by atoms with Crippen LogP contribution in [0.4, 0.5) is 5.82 Å². The van der Waals surface area contributed by atoms with Gasteiger partial charge in [0.2, 0.25) is 11.8 Å². The molecule has 5 rings (SSSR count). The van der Waals surface area contributed by atoms with Gasteiger partial charge in [0.1, 0.15) is 6.54 Å². The van der Waals surface area contributed by atoms with Crippen molar-refractivity contribution in [3.05, 3.63) is 66.2 Å². The first-order chi connectivity index (χ1) is 19.1. The van der Waals surface area contributed by atoms with Crippen LogP contribution >= 0.6 is 0 Å². The Bertz CT molecular complexity index is 1280. The SMILES string of the molecule is COc1ccc(-c2ccc(N3CCCN(C(=O)CN(Cc4ccccc4)C(=O)C4CC4)CC3)nn2)cc1OC. The Labute approximate surface area is 229 Å². The molecule has 3 aromatic rings. The first kappa shape index (κ1) is 26.5. The quantitative estimate of drug-likeness (QED) is 0.418. The second kappa shape index (κ2) is 12.1. The molecule has 0 atom stereocenters. The van der Waals surface area contributed by atoms with Gasteiger partial charge in [-0.15, -0.1) is 10.2 Å². The largest absolute Gasteiger partial charge is 0.493 e. The van der Waals surface area contributed by atoms with Crippen LogP contribution in [0.2, 0.25) is 0 Å². The van der Waals surface area contributed by atoms with E-state index in [2.05, 4.69) is 15.1 Å². The maximum atomic E-state index is 13.3. The molecule has 0 radical (unpaired) electrons. The summed E-state index contributed by atoms with van der Waals surface area (Å²) in [5.74, 6) is 2.24. The van der Waals surface area contributed by atoms with Crippen LogP contribution in [-0.2, 0) is 16.1 Å². The molecule has 0 spiro atoms. The van der Waals surface area contributed by atoms with Gasteiger partial charge in [-0.05, 0) is 55.2 Å². The molecular formula is C30H35N5O4. The van der Waals surface area contributed by atoms with Crippen molar-refractivity contribution in [2.75, 3.05) is 51.8 Å². The summed E-state index contributed by atoms with van der Waals surface area (Å²) in [6, 6.07) is 19.4. The van der Waals surface area contributed by atoms with Gasteiger partial charge in [-0.3, -0.25) is 9.59 Å². The Morgan fingerprint density at radius 1 is 0.897 bits per heavy atom. The summed E-state index contributed by atoms with van der Waals surface area (Å²) in [5, 5.41) is 8.93. The molecule has 2 fully saturated rings. The highest BCUT2D eigenvalue weighted by Crippen LogP contribution is 2.32. The van der Waals surface area contributed by atoms with Crippen LogP contribution < -0.4 is 14.4 Å². The van der Waals surface area contributed by atoms with Gasteiger partial charge in [0, 0.05) is 44.2 Å². The number of hydrogen-bond acceptors (Lipinski definition) is 7. The number of benzene rings is 2. The number of anilines is 1. The molecule has 9 nitrogen and oxygen atoms in total. The molecule has 1 saturated heterocycles. The third-order valence-electron chi connectivity index (χ3n) is 7.28. The van der Waals surface area contributed by atoms with E-state index in [0.717, 1.165) is 48.4 Å². The van der Waals surface area contributed by atoms with Crippen LogP contribution in [-0.4, -0.2) is 78.8 Å². The highest BCUT2D eigenvalue weighted by molar-refractivity contribution is 5.87. The van der Waals surface area contributed by atoms with Crippen molar-refractivity contribution in [2.45, 2.75) is 25.8 Å². The summed E-state index contributed by atoms with van der Waals surface area (Å²) in [5.41, 5.74) is 2.67. The van der Waals surface area contributed by atoms with Gasteiger partial charge >= 0.3 is 0 Å². The fourth-order valence-corrected chi connectivity index (χ4v) is 4.91. The predicted octanol–water partition coefficient (Wildman–Crippen LogP) is 3.64. The number of amides is 2. The van der Waals surface area contributed by atoms with Crippen LogP contribution in [0.5, 0.6) is 11.5 Å². The Morgan fingerprint density at radius 3 is 2.38 bits per heavy atom. The Hall–Kier alpha value is -4.14. The third-order valence-corrected chi connectivity index (χ3v) is 7.28. The molecule has 1 aliphatic carbocycles. The highest BCUT2D eigenvalue weighted by Gasteiger charge is 2.35. The molecule has 0 unspecified atom stereocenters. The molecule has 2 aromatic carbocycles. The number of rotatable bonds is 9. The van der Waals surface area contributed by atoms with Gasteiger partial charge < -0.3 is 24.2 Å². The topological polar surface area (TPSA) is 88.1 Å². The fourth-order valence-electron chi connectivity index (χ4n) is 4.91. The van der Waals surface area contributed by atoms with Crippen LogP contribution in [0.15, 0.2) is 60.7 Å². The summed E-state index contributed by atoms with van der Waals surface area (Å²) in [7, 11) is 3.21. The number of ether oxygens (including phenoxy) is 2. The van der Waals surface area contributed by atoms with E-state index in [4.69, 9.17) is 9.47 Å². The number of carbonyl (C=O) groups excluding carboxylic acids is 2. The van der Waals surface area contributed by atoms with Crippen LogP contribution in [0.3, 0.4) is 0 Å². The Morgan fingerprint density at radius 2 is 1.69 bits per heavy atom. The van der Waals surface area contributed by atoms with E-state index < -0.39 is 0 Å². The molecule has 1 saturated carbocycles. The number of aromatic nitrogens is 2. The van der Waals surface area contributed by atoms with E-state index >= 15 is 0 Å². The van der Waals surface area contributed by atoms with Gasteiger partial charge in [-0.1, -0.05) is 30.3 Å². The first-order valence-electron chi connectivity index (χ1n) is 13.5.